The third kappa shape index (κ3) is 6.33. The molecule has 0 aliphatic heterocycles. The molecule has 0 saturated carbocycles. The lowest BCUT2D eigenvalue weighted by Gasteiger charge is -2.03. The van der Waals surface area contributed by atoms with E-state index >= 15 is 0 Å². The highest BCUT2D eigenvalue weighted by atomic mass is 32.2. The fraction of sp³-hybridized carbons (Fsp3) is 0.500. The van der Waals surface area contributed by atoms with Gasteiger partial charge in [0.15, 0.2) is 0 Å². The van der Waals surface area contributed by atoms with Gasteiger partial charge in [0, 0.05) is 5.92 Å². The quantitative estimate of drug-likeness (QED) is 0.374. The van der Waals surface area contributed by atoms with E-state index in [1.165, 1.54) is 0 Å². The molecule has 0 rings (SSSR count). The van der Waals surface area contributed by atoms with Crippen molar-refractivity contribution in [2.24, 2.45) is 10.9 Å². The molecule has 0 unspecified atom stereocenters. The molecule has 11 heavy (non-hydrogen) atoms. The zero-order chi connectivity index (χ0) is 8.69. The summed E-state index contributed by atoms with van der Waals surface area (Å²) in [5, 5.41) is 2.90. The van der Waals surface area contributed by atoms with Gasteiger partial charge in [-0.3, -0.25) is 0 Å². The van der Waals surface area contributed by atoms with E-state index in [-0.39, 0.29) is 0 Å². The average molecular weight is 187 g/mol. The van der Waals surface area contributed by atoms with Crippen LogP contribution in [0.25, 0.3) is 0 Å². The summed E-state index contributed by atoms with van der Waals surface area (Å²) in [6, 6.07) is 0. The van der Waals surface area contributed by atoms with Crippen molar-refractivity contribution in [3.8, 4) is 0 Å². The first-order chi connectivity index (χ1) is 5.20. The van der Waals surface area contributed by atoms with Crippen molar-refractivity contribution in [2.45, 2.75) is 20.3 Å². The van der Waals surface area contributed by atoms with Crippen LogP contribution in [0, 0.1) is 5.92 Å². The van der Waals surface area contributed by atoms with Crippen LogP contribution < -0.4 is 0 Å². The van der Waals surface area contributed by atoms with Gasteiger partial charge in [0.05, 0.1) is 5.04 Å². The first kappa shape index (κ1) is 10.9. The molecule has 0 spiro atoms. The van der Waals surface area contributed by atoms with Gasteiger partial charge in [-0.25, -0.2) is 4.99 Å². The van der Waals surface area contributed by atoms with E-state index in [1.54, 1.807) is 23.1 Å². The maximum Gasteiger partial charge on any atom is 0.0779 e. The van der Waals surface area contributed by atoms with Crippen LogP contribution in [-0.4, -0.2) is 11.0 Å². The van der Waals surface area contributed by atoms with Crippen LogP contribution in [0.2, 0.25) is 0 Å². The minimum Gasteiger partial charge on any atom is -0.250 e. The molecule has 3 heteroatoms. The Morgan fingerprint density at radius 3 is 2.73 bits per heavy atom. The normalized spacial score (nSPS) is 11.7. The van der Waals surface area contributed by atoms with Gasteiger partial charge in [0.2, 0.25) is 0 Å². The van der Waals surface area contributed by atoms with Crippen molar-refractivity contribution in [1.82, 2.24) is 0 Å². The number of aliphatic imine (C=N–C) groups is 1. The summed E-state index contributed by atoms with van der Waals surface area (Å²) in [4.78, 5) is 4.15. The van der Waals surface area contributed by atoms with Crippen LogP contribution in [-0.2, 0) is 0 Å². The maximum atomic E-state index is 4.15. The zero-order valence-corrected chi connectivity index (χ0v) is 8.82. The highest BCUT2D eigenvalue weighted by Gasteiger charge is 2.00. The zero-order valence-electron chi connectivity index (χ0n) is 7.00. The molecule has 62 valence electrons. The van der Waals surface area contributed by atoms with Crippen LogP contribution in [0.1, 0.15) is 20.3 Å². The Hall–Kier alpha value is -0.0700. The van der Waals surface area contributed by atoms with Gasteiger partial charge in [0.25, 0.3) is 0 Å². The summed E-state index contributed by atoms with van der Waals surface area (Å²) in [6.07, 6.45) is 1.01. The third-order valence-corrected chi connectivity index (χ3v) is 1.85. The SMILES string of the molecule is C=CSC(CC(C)C)=NC=P. The van der Waals surface area contributed by atoms with Crippen LogP contribution in [0.3, 0.4) is 0 Å². The van der Waals surface area contributed by atoms with Crippen LogP contribution in [0.4, 0.5) is 0 Å². The molecule has 0 heterocycles. The minimum absolute atomic E-state index is 0.646. The molecule has 0 aliphatic carbocycles. The fourth-order valence-electron chi connectivity index (χ4n) is 0.649. The standard InChI is InChI=1S/C8H14NPS/c1-4-11-8(9-6-10)5-7(2)3/h4,6-7,10H,1,5H2,2-3H3. The predicted molar refractivity (Wildman–Crippen MR) is 59.1 cm³/mol. The van der Waals surface area contributed by atoms with Crippen LogP contribution in [0.15, 0.2) is 17.0 Å². The number of rotatable bonds is 4. The second kappa shape index (κ2) is 6.63. The Balaban J connectivity index is 3.98. The van der Waals surface area contributed by atoms with E-state index in [0.29, 0.717) is 5.92 Å². The van der Waals surface area contributed by atoms with Crippen molar-refractivity contribution in [3.63, 3.8) is 0 Å². The Morgan fingerprint density at radius 2 is 2.36 bits per heavy atom. The molecule has 0 bridgehead atoms. The Bertz CT molecular complexity index is 163. The molecule has 0 atom stereocenters. The lowest BCUT2D eigenvalue weighted by Crippen LogP contribution is -1.97. The molecule has 0 saturated heterocycles. The van der Waals surface area contributed by atoms with E-state index < -0.39 is 0 Å². The summed E-state index contributed by atoms with van der Waals surface area (Å²) in [5.41, 5.74) is 0. The van der Waals surface area contributed by atoms with Crippen molar-refractivity contribution >= 4 is 31.6 Å². The molecule has 0 radical (unpaired) electrons. The molecule has 0 N–H and O–H groups in total. The Kier molecular flexibility index (Phi) is 6.59. The number of nitrogens with zero attached hydrogens (tertiary/aromatic N) is 1. The molecular formula is C8H14NPS. The number of hydrogen-bond donors (Lipinski definition) is 0. The number of thioether (sulfide) groups is 1. The molecule has 0 fully saturated rings. The second-order valence-electron chi connectivity index (χ2n) is 2.53. The minimum atomic E-state index is 0.646. The van der Waals surface area contributed by atoms with Gasteiger partial charge in [-0.15, -0.1) is 8.86 Å². The summed E-state index contributed by atoms with van der Waals surface area (Å²) in [5.74, 6) is 2.28. The molecule has 0 aliphatic rings. The molecule has 0 aromatic heterocycles. The van der Waals surface area contributed by atoms with Crippen molar-refractivity contribution in [2.75, 3.05) is 0 Å². The van der Waals surface area contributed by atoms with E-state index in [4.69, 9.17) is 0 Å². The van der Waals surface area contributed by atoms with Gasteiger partial charge >= 0.3 is 0 Å². The highest BCUT2D eigenvalue weighted by Crippen LogP contribution is 2.13. The summed E-state index contributed by atoms with van der Waals surface area (Å²) < 4.78 is 0. The first-order valence-electron chi connectivity index (χ1n) is 3.54. The predicted octanol–water partition coefficient (Wildman–Crippen LogP) is 3.21. The molecule has 0 aromatic carbocycles. The second-order valence-corrected chi connectivity index (χ2v) is 3.83. The highest BCUT2D eigenvalue weighted by molar-refractivity contribution is 8.16. The van der Waals surface area contributed by atoms with E-state index in [9.17, 15) is 0 Å². The van der Waals surface area contributed by atoms with Crippen molar-refractivity contribution in [1.29, 1.82) is 0 Å². The molecule has 1 nitrogen and oxygen atoms in total. The summed E-state index contributed by atoms with van der Waals surface area (Å²) in [7, 11) is 3.19. The van der Waals surface area contributed by atoms with Gasteiger partial charge in [0.1, 0.15) is 0 Å². The Labute approximate surface area is 75.2 Å². The smallest absolute Gasteiger partial charge is 0.0779 e. The summed E-state index contributed by atoms with van der Waals surface area (Å²) in [6.45, 7) is 7.99. The maximum absolute atomic E-state index is 4.15. The monoisotopic (exact) mass is 187 g/mol. The third-order valence-electron chi connectivity index (χ3n) is 1.01. The first-order valence-corrected chi connectivity index (χ1v) is 4.99. The average Bonchev–Trinajstić information content (AvgIpc) is 1.87. The molecular weight excluding hydrogens is 173 g/mol. The fourth-order valence-corrected chi connectivity index (χ4v) is 1.63. The van der Waals surface area contributed by atoms with E-state index in [0.717, 1.165) is 11.5 Å². The van der Waals surface area contributed by atoms with Crippen molar-refractivity contribution in [3.05, 3.63) is 12.0 Å². The largest absolute Gasteiger partial charge is 0.250 e. The van der Waals surface area contributed by atoms with E-state index in [1.807, 2.05) is 0 Å². The van der Waals surface area contributed by atoms with Gasteiger partial charge in [-0.1, -0.05) is 32.2 Å². The molecule has 0 aromatic rings. The number of hydrogen-bond acceptors (Lipinski definition) is 1. The Morgan fingerprint density at radius 1 is 1.73 bits per heavy atom. The van der Waals surface area contributed by atoms with E-state index in [2.05, 4.69) is 34.3 Å². The van der Waals surface area contributed by atoms with Gasteiger partial charge < -0.3 is 0 Å². The lowest BCUT2D eigenvalue weighted by molar-refractivity contribution is 0.689. The topological polar surface area (TPSA) is 12.4 Å². The molecule has 0 amide bonds. The van der Waals surface area contributed by atoms with Crippen LogP contribution in [0.5, 0.6) is 0 Å². The van der Waals surface area contributed by atoms with Gasteiger partial charge in [-0.2, -0.15) is 0 Å². The summed E-state index contributed by atoms with van der Waals surface area (Å²) >= 11 is 1.58. The van der Waals surface area contributed by atoms with Crippen molar-refractivity contribution < 1.29 is 0 Å². The van der Waals surface area contributed by atoms with Gasteiger partial charge in [-0.05, 0) is 17.7 Å². The van der Waals surface area contributed by atoms with Crippen LogP contribution >= 0.6 is 20.6 Å². The lowest BCUT2D eigenvalue weighted by atomic mass is 10.1.